The minimum atomic E-state index is -0.0328. The zero-order valence-electron chi connectivity index (χ0n) is 14.6. The average Bonchev–Trinajstić information content (AvgIpc) is 3.06. The normalized spacial score (nSPS) is 10.6. The maximum Gasteiger partial charge on any atom is 0.224 e. The van der Waals surface area contributed by atoms with Crippen molar-refractivity contribution >= 4 is 27.5 Å². The number of rotatable bonds is 6. The highest BCUT2D eigenvalue weighted by Crippen LogP contribution is 2.26. The smallest absolute Gasteiger partial charge is 0.224 e. The Balaban J connectivity index is 1.62. The summed E-state index contributed by atoms with van der Waals surface area (Å²) in [4.78, 5) is 12.3. The Bertz CT molecular complexity index is 923. The molecular formula is C19H19BrN4O2. The largest absolute Gasteiger partial charge is 0.496 e. The number of carbonyl (C=O) groups excluding carboxylic acids is 1. The van der Waals surface area contributed by atoms with Gasteiger partial charge >= 0.3 is 0 Å². The molecule has 0 aliphatic heterocycles. The van der Waals surface area contributed by atoms with Crippen LogP contribution in [0.4, 0.5) is 5.69 Å². The van der Waals surface area contributed by atoms with Crippen molar-refractivity contribution in [1.82, 2.24) is 14.8 Å². The van der Waals surface area contributed by atoms with Gasteiger partial charge in [-0.15, -0.1) is 10.2 Å². The fourth-order valence-electron chi connectivity index (χ4n) is 2.63. The number of methoxy groups -OCH3 is 1. The van der Waals surface area contributed by atoms with Crippen molar-refractivity contribution in [2.45, 2.75) is 19.8 Å². The molecule has 0 aliphatic carbocycles. The van der Waals surface area contributed by atoms with Gasteiger partial charge in [-0.1, -0.05) is 12.1 Å². The maximum atomic E-state index is 12.3. The van der Waals surface area contributed by atoms with E-state index in [9.17, 15) is 4.79 Å². The van der Waals surface area contributed by atoms with Crippen molar-refractivity contribution in [2.24, 2.45) is 0 Å². The Labute approximate surface area is 160 Å². The number of anilines is 1. The standard InChI is InChI=1S/C19H19BrN4O2/c1-13-23-21-12-24(13)16-5-3-4-15(11-16)22-19(25)9-7-14-6-8-18(26-2)17(20)10-14/h3-6,8,10-12H,7,9H2,1-2H3,(H,22,25). The Morgan fingerprint density at radius 1 is 1.27 bits per heavy atom. The predicted octanol–water partition coefficient (Wildman–Crippen LogP) is 3.92. The van der Waals surface area contributed by atoms with Gasteiger partial charge in [0.05, 0.1) is 17.3 Å². The van der Waals surface area contributed by atoms with Crippen LogP contribution < -0.4 is 10.1 Å². The number of hydrogen-bond acceptors (Lipinski definition) is 4. The highest BCUT2D eigenvalue weighted by atomic mass is 79.9. The molecule has 0 saturated carbocycles. The molecule has 3 aromatic rings. The summed E-state index contributed by atoms with van der Waals surface area (Å²) in [7, 11) is 1.63. The number of nitrogens with one attached hydrogen (secondary N) is 1. The third-order valence-electron chi connectivity index (χ3n) is 3.98. The molecule has 0 bridgehead atoms. The van der Waals surface area contributed by atoms with Crippen LogP contribution in [0.3, 0.4) is 0 Å². The van der Waals surface area contributed by atoms with Gasteiger partial charge in [0.15, 0.2) is 0 Å². The number of ether oxygens (including phenoxy) is 1. The van der Waals surface area contributed by atoms with Crippen LogP contribution in [0.15, 0.2) is 53.3 Å². The van der Waals surface area contributed by atoms with Crippen LogP contribution in [0.25, 0.3) is 5.69 Å². The number of benzene rings is 2. The van der Waals surface area contributed by atoms with Crippen LogP contribution >= 0.6 is 15.9 Å². The maximum absolute atomic E-state index is 12.3. The molecule has 0 aliphatic rings. The number of carbonyl (C=O) groups is 1. The number of nitrogens with zero attached hydrogens (tertiary/aromatic N) is 3. The second-order valence-electron chi connectivity index (χ2n) is 5.82. The molecular weight excluding hydrogens is 396 g/mol. The van der Waals surface area contributed by atoms with Gasteiger partial charge in [-0.2, -0.15) is 0 Å². The molecule has 2 aromatic carbocycles. The number of amides is 1. The van der Waals surface area contributed by atoms with Crippen LogP contribution in [0, 0.1) is 6.92 Å². The van der Waals surface area contributed by atoms with Gasteiger partial charge in [-0.25, -0.2) is 0 Å². The Morgan fingerprint density at radius 2 is 2.12 bits per heavy atom. The number of aromatic nitrogens is 3. The van der Waals surface area contributed by atoms with Crippen molar-refractivity contribution in [2.75, 3.05) is 12.4 Å². The van der Waals surface area contributed by atoms with E-state index in [1.54, 1.807) is 13.4 Å². The van der Waals surface area contributed by atoms with E-state index in [1.165, 1.54) is 0 Å². The van der Waals surface area contributed by atoms with Crippen molar-refractivity contribution in [3.63, 3.8) is 0 Å². The van der Waals surface area contributed by atoms with E-state index in [1.807, 2.05) is 54.0 Å². The van der Waals surface area contributed by atoms with Gasteiger partial charge in [-0.05, 0) is 65.2 Å². The summed E-state index contributed by atoms with van der Waals surface area (Å²) < 4.78 is 7.97. The highest BCUT2D eigenvalue weighted by molar-refractivity contribution is 9.10. The Kier molecular flexibility index (Phi) is 5.68. The van der Waals surface area contributed by atoms with Gasteiger partial charge in [0.1, 0.15) is 17.9 Å². The molecule has 1 N–H and O–H groups in total. The first-order chi connectivity index (χ1) is 12.6. The van der Waals surface area contributed by atoms with E-state index in [0.29, 0.717) is 12.8 Å². The van der Waals surface area contributed by atoms with E-state index in [0.717, 1.165) is 33.0 Å². The quantitative estimate of drug-likeness (QED) is 0.663. The summed E-state index contributed by atoms with van der Waals surface area (Å²) in [5, 5.41) is 10.8. The van der Waals surface area contributed by atoms with Gasteiger partial charge in [0.25, 0.3) is 0 Å². The van der Waals surface area contributed by atoms with Gasteiger partial charge in [0, 0.05) is 12.1 Å². The highest BCUT2D eigenvalue weighted by Gasteiger charge is 2.07. The SMILES string of the molecule is COc1ccc(CCC(=O)Nc2cccc(-n3cnnc3C)c2)cc1Br. The lowest BCUT2D eigenvalue weighted by Gasteiger charge is -2.09. The molecule has 134 valence electrons. The van der Waals surface area contributed by atoms with Crippen molar-refractivity contribution in [3.05, 3.63) is 64.7 Å². The minimum absolute atomic E-state index is 0.0328. The van der Waals surface area contributed by atoms with E-state index in [2.05, 4.69) is 31.4 Å². The van der Waals surface area contributed by atoms with Crippen LogP contribution in [-0.4, -0.2) is 27.8 Å². The molecule has 1 amide bonds. The lowest BCUT2D eigenvalue weighted by atomic mass is 10.1. The zero-order valence-corrected chi connectivity index (χ0v) is 16.2. The molecule has 0 radical (unpaired) electrons. The molecule has 0 atom stereocenters. The summed E-state index contributed by atoms with van der Waals surface area (Å²) in [6.45, 7) is 1.88. The van der Waals surface area contributed by atoms with E-state index in [-0.39, 0.29) is 5.91 Å². The van der Waals surface area contributed by atoms with Crippen LogP contribution in [0.1, 0.15) is 17.8 Å². The van der Waals surface area contributed by atoms with Crippen LogP contribution in [-0.2, 0) is 11.2 Å². The topological polar surface area (TPSA) is 69.0 Å². The number of aryl methyl sites for hydroxylation is 2. The number of hydrogen-bond donors (Lipinski definition) is 1. The van der Waals surface area contributed by atoms with Gasteiger partial charge in [-0.3, -0.25) is 9.36 Å². The zero-order chi connectivity index (χ0) is 18.5. The summed E-state index contributed by atoms with van der Waals surface area (Å²) in [5.41, 5.74) is 2.72. The second kappa shape index (κ2) is 8.14. The van der Waals surface area contributed by atoms with Crippen molar-refractivity contribution < 1.29 is 9.53 Å². The molecule has 0 fully saturated rings. The summed E-state index contributed by atoms with van der Waals surface area (Å²) in [6.07, 6.45) is 2.70. The fourth-order valence-corrected chi connectivity index (χ4v) is 3.21. The van der Waals surface area contributed by atoms with E-state index >= 15 is 0 Å². The second-order valence-corrected chi connectivity index (χ2v) is 6.67. The minimum Gasteiger partial charge on any atom is -0.496 e. The predicted molar refractivity (Wildman–Crippen MR) is 104 cm³/mol. The third kappa shape index (κ3) is 4.29. The van der Waals surface area contributed by atoms with Gasteiger partial charge in [0.2, 0.25) is 5.91 Å². The first-order valence-corrected chi connectivity index (χ1v) is 8.95. The first-order valence-electron chi connectivity index (χ1n) is 8.16. The molecule has 26 heavy (non-hydrogen) atoms. The van der Waals surface area contributed by atoms with Crippen molar-refractivity contribution in [3.8, 4) is 11.4 Å². The number of halogens is 1. The summed E-state index contributed by atoms with van der Waals surface area (Å²) in [5.74, 6) is 1.53. The fraction of sp³-hybridized carbons (Fsp3) is 0.211. The van der Waals surface area contributed by atoms with Gasteiger partial charge < -0.3 is 10.1 Å². The van der Waals surface area contributed by atoms with Crippen molar-refractivity contribution in [1.29, 1.82) is 0 Å². The van der Waals surface area contributed by atoms with E-state index in [4.69, 9.17) is 4.74 Å². The van der Waals surface area contributed by atoms with Crippen LogP contribution in [0.5, 0.6) is 5.75 Å². The molecule has 0 spiro atoms. The molecule has 0 saturated heterocycles. The third-order valence-corrected chi connectivity index (χ3v) is 4.60. The molecule has 1 aromatic heterocycles. The molecule has 7 heteroatoms. The Morgan fingerprint density at radius 3 is 2.81 bits per heavy atom. The lowest BCUT2D eigenvalue weighted by molar-refractivity contribution is -0.116. The molecule has 3 rings (SSSR count). The molecule has 6 nitrogen and oxygen atoms in total. The first kappa shape index (κ1) is 18.1. The summed E-state index contributed by atoms with van der Waals surface area (Å²) in [6, 6.07) is 13.4. The molecule has 0 unspecified atom stereocenters. The molecule has 1 heterocycles. The monoisotopic (exact) mass is 414 g/mol. The van der Waals surface area contributed by atoms with E-state index < -0.39 is 0 Å². The Hall–Kier alpha value is -2.67. The average molecular weight is 415 g/mol. The summed E-state index contributed by atoms with van der Waals surface area (Å²) >= 11 is 3.46. The lowest BCUT2D eigenvalue weighted by Crippen LogP contribution is -2.12. The van der Waals surface area contributed by atoms with Crippen LogP contribution in [0.2, 0.25) is 0 Å².